The largest absolute Gasteiger partial charge is 0.285 e. The second kappa shape index (κ2) is 7.21. The number of hydrogen-bond donors (Lipinski definition) is 1. The monoisotopic (exact) mass is 449 g/mol. The fourth-order valence-electron chi connectivity index (χ4n) is 2.14. The van der Waals surface area contributed by atoms with Crippen molar-refractivity contribution in [2.24, 2.45) is 0 Å². The molecular weight excluding hydrogens is 441 g/mol. The van der Waals surface area contributed by atoms with E-state index < -0.39 is 15.9 Å². The highest BCUT2D eigenvalue weighted by molar-refractivity contribution is 7.92. The van der Waals surface area contributed by atoms with E-state index in [0.29, 0.717) is 25.8 Å². The predicted molar refractivity (Wildman–Crippen MR) is 102 cm³/mol. The number of carbonyl (C=O) groups is 1. The SMILES string of the molecule is Cc1cc(C(=O)NS(=O)(=O)c2ccc(Cl)s2)nn1-c1cc(Cl)ccc1Cl. The number of sulfonamides is 1. The zero-order valence-electron chi connectivity index (χ0n) is 13.0. The van der Waals surface area contributed by atoms with E-state index in [9.17, 15) is 13.2 Å². The van der Waals surface area contributed by atoms with Crippen LogP contribution in [-0.4, -0.2) is 24.1 Å². The van der Waals surface area contributed by atoms with Crippen molar-refractivity contribution in [2.45, 2.75) is 11.1 Å². The van der Waals surface area contributed by atoms with Gasteiger partial charge in [0.2, 0.25) is 0 Å². The number of nitrogens with one attached hydrogen (secondary N) is 1. The molecule has 6 nitrogen and oxygen atoms in total. The maximum atomic E-state index is 12.3. The molecule has 2 aromatic heterocycles. The minimum Gasteiger partial charge on any atom is -0.266 e. The molecule has 0 atom stereocenters. The molecule has 0 aliphatic rings. The lowest BCUT2D eigenvalue weighted by atomic mass is 10.3. The number of amides is 1. The molecule has 0 unspecified atom stereocenters. The Balaban J connectivity index is 1.91. The van der Waals surface area contributed by atoms with Gasteiger partial charge in [0.25, 0.3) is 15.9 Å². The zero-order chi connectivity index (χ0) is 19.1. The summed E-state index contributed by atoms with van der Waals surface area (Å²) in [4.78, 5) is 12.3. The molecule has 0 radical (unpaired) electrons. The van der Waals surface area contributed by atoms with Gasteiger partial charge in [-0.05, 0) is 43.3 Å². The number of nitrogens with zero attached hydrogens (tertiary/aromatic N) is 2. The van der Waals surface area contributed by atoms with Crippen molar-refractivity contribution in [2.75, 3.05) is 0 Å². The van der Waals surface area contributed by atoms with Gasteiger partial charge in [-0.15, -0.1) is 11.3 Å². The molecule has 0 bridgehead atoms. The first kappa shape index (κ1) is 19.2. The number of thiophene rings is 1. The molecule has 0 spiro atoms. The number of halogens is 3. The quantitative estimate of drug-likeness (QED) is 0.642. The van der Waals surface area contributed by atoms with Crippen molar-refractivity contribution in [1.82, 2.24) is 14.5 Å². The summed E-state index contributed by atoms with van der Waals surface area (Å²) in [6.45, 7) is 1.70. The summed E-state index contributed by atoms with van der Waals surface area (Å²) < 4.78 is 28.1. The lowest BCUT2D eigenvalue weighted by Crippen LogP contribution is -2.30. The van der Waals surface area contributed by atoms with Crippen molar-refractivity contribution >= 4 is 62.1 Å². The summed E-state index contributed by atoms with van der Waals surface area (Å²) in [6, 6.07) is 9.02. The molecule has 136 valence electrons. The number of hydrogen-bond acceptors (Lipinski definition) is 5. The number of aryl methyl sites for hydroxylation is 1. The second-order valence-electron chi connectivity index (χ2n) is 5.17. The average Bonchev–Trinajstić information content (AvgIpc) is 3.16. The molecule has 3 rings (SSSR count). The molecule has 0 aliphatic heterocycles. The molecule has 11 heteroatoms. The van der Waals surface area contributed by atoms with E-state index in [1.54, 1.807) is 25.1 Å². The third-order valence-electron chi connectivity index (χ3n) is 3.30. The first-order chi connectivity index (χ1) is 12.2. The van der Waals surface area contributed by atoms with Gasteiger partial charge in [0.1, 0.15) is 4.21 Å². The Morgan fingerprint density at radius 3 is 2.54 bits per heavy atom. The van der Waals surface area contributed by atoms with E-state index in [-0.39, 0.29) is 9.90 Å². The summed E-state index contributed by atoms with van der Waals surface area (Å²) in [5.74, 6) is -0.866. The van der Waals surface area contributed by atoms with Gasteiger partial charge in [0, 0.05) is 10.7 Å². The van der Waals surface area contributed by atoms with Crippen molar-refractivity contribution in [3.05, 3.63) is 62.2 Å². The number of rotatable bonds is 4. The van der Waals surface area contributed by atoms with Crippen LogP contribution in [0.25, 0.3) is 5.69 Å². The molecule has 1 amide bonds. The molecule has 0 aliphatic carbocycles. The smallest absolute Gasteiger partial charge is 0.266 e. The van der Waals surface area contributed by atoms with E-state index in [1.165, 1.54) is 22.9 Å². The van der Waals surface area contributed by atoms with E-state index in [0.717, 1.165) is 11.3 Å². The summed E-state index contributed by atoms with van der Waals surface area (Å²) in [5.41, 5.74) is 0.976. The fraction of sp³-hybridized carbons (Fsp3) is 0.0667. The highest BCUT2D eigenvalue weighted by Crippen LogP contribution is 2.27. The lowest BCUT2D eigenvalue weighted by molar-refractivity contribution is 0.0976. The first-order valence-corrected chi connectivity index (χ1v) is 10.5. The third kappa shape index (κ3) is 3.89. The van der Waals surface area contributed by atoms with Gasteiger partial charge < -0.3 is 0 Å². The Labute approximate surface area is 168 Å². The van der Waals surface area contributed by atoms with Crippen molar-refractivity contribution < 1.29 is 13.2 Å². The van der Waals surface area contributed by atoms with E-state index >= 15 is 0 Å². The van der Waals surface area contributed by atoms with Crippen LogP contribution in [0.5, 0.6) is 0 Å². The van der Waals surface area contributed by atoms with Crippen molar-refractivity contribution in [3.63, 3.8) is 0 Å². The van der Waals surface area contributed by atoms with Gasteiger partial charge in [-0.25, -0.2) is 17.8 Å². The molecule has 0 fully saturated rings. The maximum Gasteiger partial charge on any atom is 0.285 e. The Bertz CT molecular complexity index is 1110. The van der Waals surface area contributed by atoms with Crippen LogP contribution in [0.1, 0.15) is 16.2 Å². The van der Waals surface area contributed by atoms with Crippen LogP contribution in [0.2, 0.25) is 14.4 Å². The number of carbonyl (C=O) groups excluding carboxylic acids is 1. The highest BCUT2D eigenvalue weighted by Gasteiger charge is 2.23. The minimum atomic E-state index is -4.03. The molecule has 3 aromatic rings. The van der Waals surface area contributed by atoms with Crippen molar-refractivity contribution in [1.29, 1.82) is 0 Å². The molecule has 1 aromatic carbocycles. The Kier molecular flexibility index (Phi) is 5.32. The summed E-state index contributed by atoms with van der Waals surface area (Å²) in [5, 5.41) is 4.97. The molecule has 0 saturated heterocycles. The fourth-order valence-corrected chi connectivity index (χ4v) is 4.95. The van der Waals surface area contributed by atoms with Crippen LogP contribution in [0.15, 0.2) is 40.6 Å². The van der Waals surface area contributed by atoms with Gasteiger partial charge in [-0.2, -0.15) is 5.10 Å². The zero-order valence-corrected chi connectivity index (χ0v) is 16.9. The van der Waals surface area contributed by atoms with Crippen LogP contribution in [0.3, 0.4) is 0 Å². The molecule has 0 saturated carbocycles. The predicted octanol–water partition coefficient (Wildman–Crippen LogP) is 4.32. The third-order valence-corrected chi connectivity index (χ3v) is 6.91. The highest BCUT2D eigenvalue weighted by atomic mass is 35.5. The molecular formula is C15H10Cl3N3O3S2. The van der Waals surface area contributed by atoms with Crippen LogP contribution < -0.4 is 4.72 Å². The Morgan fingerprint density at radius 1 is 1.15 bits per heavy atom. The number of benzene rings is 1. The van der Waals surface area contributed by atoms with Gasteiger partial charge in [0.05, 0.1) is 15.0 Å². The second-order valence-corrected chi connectivity index (χ2v) is 9.64. The van der Waals surface area contributed by atoms with Crippen LogP contribution in [-0.2, 0) is 10.0 Å². The lowest BCUT2D eigenvalue weighted by Gasteiger charge is -2.07. The topological polar surface area (TPSA) is 81.1 Å². The van der Waals surface area contributed by atoms with E-state index in [4.69, 9.17) is 34.8 Å². The van der Waals surface area contributed by atoms with Gasteiger partial charge in [-0.1, -0.05) is 34.8 Å². The normalized spacial score (nSPS) is 11.5. The Hall–Kier alpha value is -1.58. The molecule has 1 N–H and O–H groups in total. The maximum absolute atomic E-state index is 12.3. The minimum absolute atomic E-state index is 0.0649. The average molecular weight is 451 g/mol. The van der Waals surface area contributed by atoms with Crippen molar-refractivity contribution in [3.8, 4) is 5.69 Å². The first-order valence-electron chi connectivity index (χ1n) is 7.02. The van der Waals surface area contributed by atoms with E-state index in [2.05, 4.69) is 5.10 Å². The standard InChI is InChI=1S/C15H10Cl3N3O3S2/c1-8-6-11(19-21(8)12-7-9(16)2-3-10(12)17)15(22)20-26(23,24)14-5-4-13(18)25-14/h2-7H,1H3,(H,20,22). The van der Waals surface area contributed by atoms with Gasteiger partial charge in [-0.3, -0.25) is 4.79 Å². The summed E-state index contributed by atoms with van der Waals surface area (Å²) in [7, 11) is -4.03. The van der Waals surface area contributed by atoms with Crippen LogP contribution >= 0.6 is 46.1 Å². The Morgan fingerprint density at radius 2 is 1.88 bits per heavy atom. The summed E-state index contributed by atoms with van der Waals surface area (Å²) >= 11 is 18.7. The number of aromatic nitrogens is 2. The van der Waals surface area contributed by atoms with E-state index in [1.807, 2.05) is 4.72 Å². The summed E-state index contributed by atoms with van der Waals surface area (Å²) in [6.07, 6.45) is 0. The van der Waals surface area contributed by atoms with Gasteiger partial charge in [0.15, 0.2) is 5.69 Å². The van der Waals surface area contributed by atoms with Gasteiger partial charge >= 0.3 is 0 Å². The van der Waals surface area contributed by atoms with Crippen LogP contribution in [0.4, 0.5) is 0 Å². The van der Waals surface area contributed by atoms with Crippen LogP contribution in [0, 0.1) is 6.92 Å². The molecule has 26 heavy (non-hydrogen) atoms. The molecule has 2 heterocycles.